The molecule has 0 aliphatic heterocycles. The van der Waals surface area contributed by atoms with Gasteiger partial charge in [0.05, 0.1) is 5.56 Å². The van der Waals surface area contributed by atoms with Crippen molar-refractivity contribution in [2.75, 3.05) is 0 Å². The van der Waals surface area contributed by atoms with Crippen LogP contribution in [0.1, 0.15) is 27.0 Å². The van der Waals surface area contributed by atoms with E-state index in [1.54, 1.807) is 6.07 Å². The summed E-state index contributed by atoms with van der Waals surface area (Å²) in [5.41, 5.74) is 2.63. The highest BCUT2D eigenvalue weighted by molar-refractivity contribution is 5.90. The first-order valence-corrected chi connectivity index (χ1v) is 8.44. The number of rotatable bonds is 7. The molecular formula is C22H20O4. The van der Waals surface area contributed by atoms with E-state index < -0.39 is 5.97 Å². The molecule has 3 aromatic rings. The summed E-state index contributed by atoms with van der Waals surface area (Å²) < 4.78 is 5.94. The van der Waals surface area contributed by atoms with Gasteiger partial charge in [-0.1, -0.05) is 54.6 Å². The molecule has 2 N–H and O–H groups in total. The van der Waals surface area contributed by atoms with Crippen LogP contribution in [0.25, 0.3) is 0 Å². The third-order valence-electron chi connectivity index (χ3n) is 4.24. The van der Waals surface area contributed by atoms with E-state index in [1.165, 1.54) is 12.1 Å². The van der Waals surface area contributed by atoms with Crippen LogP contribution >= 0.6 is 0 Å². The van der Waals surface area contributed by atoms with E-state index in [2.05, 4.69) is 0 Å². The summed E-state index contributed by atoms with van der Waals surface area (Å²) in [6.45, 7) is 0.467. The van der Waals surface area contributed by atoms with Crippen LogP contribution < -0.4 is 4.74 Å². The quantitative estimate of drug-likeness (QED) is 0.662. The van der Waals surface area contributed by atoms with E-state index in [9.17, 15) is 15.0 Å². The van der Waals surface area contributed by atoms with Crippen molar-refractivity contribution in [1.29, 1.82) is 0 Å². The molecule has 0 heterocycles. The van der Waals surface area contributed by atoms with E-state index in [1.807, 2.05) is 54.6 Å². The molecule has 0 atom stereocenters. The molecule has 0 spiro atoms. The van der Waals surface area contributed by atoms with Crippen LogP contribution in [0.2, 0.25) is 0 Å². The lowest BCUT2D eigenvalue weighted by Crippen LogP contribution is -2.05. The number of para-hydroxylation sites is 1. The molecule has 132 valence electrons. The lowest BCUT2D eigenvalue weighted by molar-refractivity contribution is 0.0695. The van der Waals surface area contributed by atoms with Crippen molar-refractivity contribution in [1.82, 2.24) is 0 Å². The normalized spacial score (nSPS) is 10.5. The number of aromatic carboxylic acids is 1. The maximum absolute atomic E-state index is 11.4. The molecule has 0 saturated heterocycles. The molecule has 3 rings (SSSR count). The fourth-order valence-electron chi connectivity index (χ4n) is 2.88. The molecule has 4 heteroatoms. The van der Waals surface area contributed by atoms with Crippen molar-refractivity contribution in [3.8, 4) is 11.5 Å². The molecule has 0 amide bonds. The Morgan fingerprint density at radius 3 is 2.35 bits per heavy atom. The van der Waals surface area contributed by atoms with Crippen molar-refractivity contribution >= 4 is 5.97 Å². The number of phenols is 1. The average Bonchev–Trinajstić information content (AvgIpc) is 2.66. The van der Waals surface area contributed by atoms with Gasteiger partial charge in [0.25, 0.3) is 0 Å². The zero-order valence-corrected chi connectivity index (χ0v) is 14.3. The van der Waals surface area contributed by atoms with Crippen LogP contribution in [0.15, 0.2) is 72.8 Å². The first-order chi connectivity index (χ1) is 12.6. The number of hydrogen-bond donors (Lipinski definition) is 2. The summed E-state index contributed by atoms with van der Waals surface area (Å²) in [6.07, 6.45) is 0.989. The van der Waals surface area contributed by atoms with Crippen LogP contribution in [0.4, 0.5) is 0 Å². The first kappa shape index (κ1) is 17.5. The average molecular weight is 348 g/mol. The summed E-state index contributed by atoms with van der Waals surface area (Å²) in [5.74, 6) is -0.263. The molecule has 0 saturated carbocycles. The number of aryl methyl sites for hydroxylation is 1. The van der Waals surface area contributed by atoms with Crippen LogP contribution in [0.5, 0.6) is 11.5 Å². The maximum Gasteiger partial charge on any atom is 0.336 e. The first-order valence-electron chi connectivity index (χ1n) is 8.44. The van der Waals surface area contributed by atoms with Crippen molar-refractivity contribution in [3.05, 3.63) is 95.1 Å². The molecular weight excluding hydrogens is 328 g/mol. The molecule has 0 bridgehead atoms. The number of hydrogen-bond acceptors (Lipinski definition) is 3. The van der Waals surface area contributed by atoms with Gasteiger partial charge in [0.1, 0.15) is 18.1 Å². The highest BCUT2D eigenvalue weighted by atomic mass is 16.5. The summed E-state index contributed by atoms with van der Waals surface area (Å²) in [5, 5.41) is 19.4. The van der Waals surface area contributed by atoms with Gasteiger partial charge in [0.15, 0.2) is 0 Å². The van der Waals surface area contributed by atoms with Gasteiger partial charge >= 0.3 is 5.97 Å². The molecule has 26 heavy (non-hydrogen) atoms. The molecule has 0 radical (unpaired) electrons. The van der Waals surface area contributed by atoms with Crippen molar-refractivity contribution in [2.24, 2.45) is 0 Å². The lowest BCUT2D eigenvalue weighted by Gasteiger charge is -2.13. The second kappa shape index (κ2) is 8.21. The van der Waals surface area contributed by atoms with E-state index in [4.69, 9.17) is 4.74 Å². The van der Waals surface area contributed by atoms with E-state index in [0.29, 0.717) is 25.0 Å². The van der Waals surface area contributed by atoms with Crippen LogP contribution in [-0.4, -0.2) is 16.2 Å². The predicted molar refractivity (Wildman–Crippen MR) is 99.7 cm³/mol. The fraction of sp³-hybridized carbons (Fsp3) is 0.136. The maximum atomic E-state index is 11.4. The molecule has 0 aliphatic carbocycles. The third-order valence-corrected chi connectivity index (χ3v) is 4.24. The number of carboxylic acid groups (broad SMARTS) is 1. The number of carbonyl (C=O) groups is 1. The zero-order valence-electron chi connectivity index (χ0n) is 14.3. The highest BCUT2D eigenvalue weighted by Gasteiger charge is 2.14. The van der Waals surface area contributed by atoms with Gasteiger partial charge in [0, 0.05) is 5.56 Å². The Balaban J connectivity index is 1.74. The highest BCUT2D eigenvalue weighted by Crippen LogP contribution is 2.26. The monoisotopic (exact) mass is 348 g/mol. The molecule has 0 aromatic heterocycles. The Labute approximate surface area is 152 Å². The Morgan fingerprint density at radius 2 is 1.58 bits per heavy atom. The summed E-state index contributed by atoms with van der Waals surface area (Å²) >= 11 is 0. The molecule has 0 fully saturated rings. The number of ether oxygens (including phenoxy) is 1. The van der Waals surface area contributed by atoms with Gasteiger partial charge in [-0.3, -0.25) is 0 Å². The van der Waals surface area contributed by atoms with E-state index in [0.717, 1.165) is 16.9 Å². The SMILES string of the molecule is O=C(O)c1cccc(O)c1CCc1ccccc1OCc1ccccc1. The third kappa shape index (κ3) is 4.22. The van der Waals surface area contributed by atoms with Crippen LogP contribution in [0, 0.1) is 0 Å². The Bertz CT molecular complexity index is 888. The Morgan fingerprint density at radius 1 is 0.846 bits per heavy atom. The minimum absolute atomic E-state index is 0.00702. The largest absolute Gasteiger partial charge is 0.508 e. The van der Waals surface area contributed by atoms with E-state index in [-0.39, 0.29) is 11.3 Å². The topological polar surface area (TPSA) is 66.8 Å². The van der Waals surface area contributed by atoms with Crippen molar-refractivity contribution in [2.45, 2.75) is 19.4 Å². The van der Waals surface area contributed by atoms with E-state index >= 15 is 0 Å². The molecule has 0 unspecified atom stereocenters. The van der Waals surface area contributed by atoms with Gasteiger partial charge in [-0.2, -0.15) is 0 Å². The van der Waals surface area contributed by atoms with Crippen LogP contribution in [-0.2, 0) is 19.4 Å². The van der Waals surface area contributed by atoms with Gasteiger partial charge < -0.3 is 14.9 Å². The minimum atomic E-state index is -1.04. The second-order valence-corrected chi connectivity index (χ2v) is 5.99. The predicted octanol–water partition coefficient (Wildman–Crippen LogP) is 4.45. The van der Waals surface area contributed by atoms with Crippen LogP contribution in [0.3, 0.4) is 0 Å². The number of benzene rings is 3. The zero-order chi connectivity index (χ0) is 18.4. The molecule has 3 aromatic carbocycles. The number of phenolic OH excluding ortho intramolecular Hbond substituents is 1. The molecule has 4 nitrogen and oxygen atoms in total. The van der Waals surface area contributed by atoms with Gasteiger partial charge in [-0.05, 0) is 42.2 Å². The molecule has 0 aliphatic rings. The summed E-state index contributed by atoms with van der Waals surface area (Å²) in [4.78, 5) is 11.4. The lowest BCUT2D eigenvalue weighted by atomic mass is 9.98. The van der Waals surface area contributed by atoms with Crippen molar-refractivity contribution < 1.29 is 19.7 Å². The minimum Gasteiger partial charge on any atom is -0.508 e. The summed E-state index contributed by atoms with van der Waals surface area (Å²) in [7, 11) is 0. The Kier molecular flexibility index (Phi) is 5.54. The number of carboxylic acids is 1. The number of aromatic hydroxyl groups is 1. The fourth-order valence-corrected chi connectivity index (χ4v) is 2.88. The smallest absolute Gasteiger partial charge is 0.336 e. The standard InChI is InChI=1S/C22H20O4/c23-20-11-6-10-19(22(24)25)18(20)14-13-17-9-4-5-12-21(17)26-15-16-7-2-1-3-8-16/h1-12,23H,13-15H2,(H,24,25). The summed E-state index contributed by atoms with van der Waals surface area (Å²) in [6, 6.07) is 22.2. The second-order valence-electron chi connectivity index (χ2n) is 5.99. The van der Waals surface area contributed by atoms with Gasteiger partial charge in [-0.15, -0.1) is 0 Å². The van der Waals surface area contributed by atoms with Crippen molar-refractivity contribution in [3.63, 3.8) is 0 Å². The van der Waals surface area contributed by atoms with Gasteiger partial charge in [-0.25, -0.2) is 4.79 Å². The Hall–Kier alpha value is -3.27. The van der Waals surface area contributed by atoms with Gasteiger partial charge in [0.2, 0.25) is 0 Å².